The van der Waals surface area contributed by atoms with Crippen molar-refractivity contribution < 1.29 is 19.4 Å². The van der Waals surface area contributed by atoms with Crippen molar-refractivity contribution in [2.24, 2.45) is 0 Å². The highest BCUT2D eigenvalue weighted by Crippen LogP contribution is 2.18. The maximum Gasteiger partial charge on any atom is 0.329 e. The van der Waals surface area contributed by atoms with Crippen LogP contribution in [0.4, 0.5) is 0 Å². The minimum atomic E-state index is -1.22. The predicted molar refractivity (Wildman–Crippen MR) is 80.5 cm³/mol. The molecular weight excluding hydrogens is 270 g/mol. The summed E-state index contributed by atoms with van der Waals surface area (Å²) in [5.41, 5.74) is 0.584. The van der Waals surface area contributed by atoms with Gasteiger partial charge in [0.1, 0.15) is 11.3 Å². The van der Waals surface area contributed by atoms with E-state index in [0.717, 1.165) is 16.9 Å². The van der Waals surface area contributed by atoms with Gasteiger partial charge in [0, 0.05) is 0 Å². The number of carbonyl (C=O) groups is 2. The van der Waals surface area contributed by atoms with Crippen LogP contribution in [0.5, 0.6) is 5.75 Å². The van der Waals surface area contributed by atoms with Crippen LogP contribution in [0.2, 0.25) is 0 Å². The summed E-state index contributed by atoms with van der Waals surface area (Å²) in [4.78, 5) is 23.4. The molecule has 5 heteroatoms. The molecule has 1 aromatic rings. The summed E-state index contributed by atoms with van der Waals surface area (Å²) in [5.74, 6) is -0.566. The second kappa shape index (κ2) is 7.11. The second-order valence-corrected chi connectivity index (χ2v) is 5.40. The predicted octanol–water partition coefficient (Wildman–Crippen LogP) is 2.31. The van der Waals surface area contributed by atoms with Crippen LogP contribution in [0.1, 0.15) is 37.8 Å². The van der Waals surface area contributed by atoms with E-state index in [1.807, 2.05) is 26.0 Å². The number of aliphatic carboxylic acids is 1. The molecule has 0 aliphatic rings. The summed E-state index contributed by atoms with van der Waals surface area (Å²) in [6, 6.07) is 5.47. The summed E-state index contributed by atoms with van der Waals surface area (Å²) in [6.07, 6.45) is 1.24. The Morgan fingerprint density at radius 2 is 2.05 bits per heavy atom. The number of hydrogen-bond acceptors (Lipinski definition) is 3. The third-order valence-corrected chi connectivity index (χ3v) is 3.54. The maximum absolute atomic E-state index is 12.1. The van der Waals surface area contributed by atoms with E-state index in [-0.39, 0.29) is 12.3 Å². The molecule has 1 aromatic carbocycles. The minimum absolute atomic E-state index is 0.155. The van der Waals surface area contributed by atoms with Gasteiger partial charge in [-0.05, 0) is 43.5 Å². The van der Waals surface area contributed by atoms with Crippen molar-refractivity contribution in [1.29, 1.82) is 0 Å². The molecule has 1 atom stereocenters. The maximum atomic E-state index is 12.1. The highest BCUT2D eigenvalue weighted by molar-refractivity contribution is 5.87. The first-order valence-electron chi connectivity index (χ1n) is 7.00. The van der Waals surface area contributed by atoms with E-state index >= 15 is 0 Å². The van der Waals surface area contributed by atoms with Crippen LogP contribution < -0.4 is 10.1 Å². The number of nitrogens with one attached hydrogen (secondary N) is 1. The Kier molecular flexibility index (Phi) is 5.76. The van der Waals surface area contributed by atoms with Crippen molar-refractivity contribution >= 4 is 11.9 Å². The van der Waals surface area contributed by atoms with Gasteiger partial charge >= 0.3 is 5.97 Å². The molecular formula is C16H23NO4. The number of aryl methyl sites for hydroxylation is 1. The SMILES string of the molecule is CCCC(C)(NC(=O)Cc1ccc(OC)cc1C)C(=O)O. The molecule has 0 heterocycles. The Bertz CT molecular complexity index is 527. The number of carboxylic acid groups (broad SMARTS) is 1. The summed E-state index contributed by atoms with van der Waals surface area (Å²) in [6.45, 7) is 5.33. The van der Waals surface area contributed by atoms with Crippen LogP contribution in [0, 0.1) is 6.92 Å². The topological polar surface area (TPSA) is 75.6 Å². The molecule has 0 radical (unpaired) electrons. The van der Waals surface area contributed by atoms with Crippen molar-refractivity contribution in [3.8, 4) is 5.75 Å². The fraction of sp³-hybridized carbons (Fsp3) is 0.500. The van der Waals surface area contributed by atoms with E-state index in [1.54, 1.807) is 13.2 Å². The van der Waals surface area contributed by atoms with Crippen molar-refractivity contribution in [1.82, 2.24) is 5.32 Å². The fourth-order valence-corrected chi connectivity index (χ4v) is 2.24. The van der Waals surface area contributed by atoms with E-state index < -0.39 is 11.5 Å². The van der Waals surface area contributed by atoms with Crippen LogP contribution in [-0.4, -0.2) is 29.6 Å². The number of carboxylic acids is 1. The van der Waals surface area contributed by atoms with E-state index in [2.05, 4.69) is 5.32 Å². The van der Waals surface area contributed by atoms with Gasteiger partial charge < -0.3 is 15.2 Å². The molecule has 5 nitrogen and oxygen atoms in total. The Morgan fingerprint density at radius 3 is 2.52 bits per heavy atom. The lowest BCUT2D eigenvalue weighted by molar-refractivity contribution is -0.147. The first kappa shape index (κ1) is 17.0. The Balaban J connectivity index is 2.79. The van der Waals surface area contributed by atoms with Gasteiger partial charge in [-0.25, -0.2) is 4.79 Å². The number of methoxy groups -OCH3 is 1. The largest absolute Gasteiger partial charge is 0.497 e. The lowest BCUT2D eigenvalue weighted by Gasteiger charge is -2.26. The molecule has 0 bridgehead atoms. The first-order chi connectivity index (χ1) is 9.82. The summed E-state index contributed by atoms with van der Waals surface area (Å²) >= 11 is 0. The molecule has 0 fully saturated rings. The Hall–Kier alpha value is -2.04. The quantitative estimate of drug-likeness (QED) is 0.809. The smallest absolute Gasteiger partial charge is 0.329 e. The number of hydrogen-bond donors (Lipinski definition) is 2. The van der Waals surface area contributed by atoms with Crippen LogP contribution in [0.25, 0.3) is 0 Å². The van der Waals surface area contributed by atoms with Crippen LogP contribution in [0.15, 0.2) is 18.2 Å². The van der Waals surface area contributed by atoms with Gasteiger partial charge in [-0.15, -0.1) is 0 Å². The highest BCUT2D eigenvalue weighted by atomic mass is 16.5. The first-order valence-corrected chi connectivity index (χ1v) is 7.00. The molecule has 2 N–H and O–H groups in total. The van der Waals surface area contributed by atoms with Crippen molar-refractivity contribution in [3.63, 3.8) is 0 Å². The third kappa shape index (κ3) is 4.48. The number of amides is 1. The molecule has 1 amide bonds. The van der Waals surface area contributed by atoms with E-state index in [4.69, 9.17) is 4.74 Å². The molecule has 0 spiro atoms. The number of rotatable bonds is 7. The molecule has 0 aliphatic heterocycles. The molecule has 1 rings (SSSR count). The minimum Gasteiger partial charge on any atom is -0.497 e. The number of ether oxygens (including phenoxy) is 1. The van der Waals surface area contributed by atoms with Gasteiger partial charge in [0.25, 0.3) is 0 Å². The van der Waals surface area contributed by atoms with Crippen molar-refractivity contribution in [2.45, 2.75) is 45.6 Å². The Labute approximate surface area is 125 Å². The normalized spacial score (nSPS) is 13.3. The monoisotopic (exact) mass is 293 g/mol. The third-order valence-electron chi connectivity index (χ3n) is 3.54. The van der Waals surface area contributed by atoms with E-state index in [1.165, 1.54) is 6.92 Å². The average molecular weight is 293 g/mol. The average Bonchev–Trinajstić information content (AvgIpc) is 2.41. The highest BCUT2D eigenvalue weighted by Gasteiger charge is 2.33. The van der Waals surface area contributed by atoms with Crippen molar-refractivity contribution in [2.75, 3.05) is 7.11 Å². The summed E-state index contributed by atoms with van der Waals surface area (Å²) in [7, 11) is 1.59. The molecule has 21 heavy (non-hydrogen) atoms. The van der Waals surface area contributed by atoms with Crippen LogP contribution >= 0.6 is 0 Å². The van der Waals surface area contributed by atoms with Gasteiger partial charge in [-0.2, -0.15) is 0 Å². The molecule has 0 aromatic heterocycles. The summed E-state index contributed by atoms with van der Waals surface area (Å²) < 4.78 is 5.12. The van der Waals surface area contributed by atoms with Gasteiger partial charge in [0.05, 0.1) is 13.5 Å². The molecule has 0 aliphatic carbocycles. The summed E-state index contributed by atoms with van der Waals surface area (Å²) in [5, 5.41) is 11.9. The number of carbonyl (C=O) groups excluding carboxylic acids is 1. The Morgan fingerprint density at radius 1 is 1.38 bits per heavy atom. The zero-order chi connectivity index (χ0) is 16.0. The van der Waals surface area contributed by atoms with E-state index in [0.29, 0.717) is 12.8 Å². The zero-order valence-electron chi connectivity index (χ0n) is 13.0. The molecule has 116 valence electrons. The van der Waals surface area contributed by atoms with Gasteiger partial charge in [-0.3, -0.25) is 4.79 Å². The molecule has 0 saturated heterocycles. The lowest BCUT2D eigenvalue weighted by Crippen LogP contribution is -2.52. The zero-order valence-corrected chi connectivity index (χ0v) is 13.0. The van der Waals surface area contributed by atoms with Gasteiger partial charge in [-0.1, -0.05) is 19.4 Å². The molecule has 0 saturated carbocycles. The van der Waals surface area contributed by atoms with Gasteiger partial charge in [0.15, 0.2) is 0 Å². The standard InChI is InChI=1S/C16H23NO4/c1-5-8-16(3,15(19)20)17-14(18)10-12-6-7-13(21-4)9-11(12)2/h6-7,9H,5,8,10H2,1-4H3,(H,17,18)(H,19,20). The van der Waals surface area contributed by atoms with E-state index in [9.17, 15) is 14.7 Å². The molecule has 1 unspecified atom stereocenters. The van der Waals surface area contributed by atoms with Gasteiger partial charge in [0.2, 0.25) is 5.91 Å². The van der Waals surface area contributed by atoms with Crippen LogP contribution in [0.3, 0.4) is 0 Å². The number of benzene rings is 1. The lowest BCUT2D eigenvalue weighted by atomic mass is 9.95. The second-order valence-electron chi connectivity index (χ2n) is 5.40. The fourth-order valence-electron chi connectivity index (χ4n) is 2.24. The van der Waals surface area contributed by atoms with Crippen molar-refractivity contribution in [3.05, 3.63) is 29.3 Å². The van der Waals surface area contributed by atoms with Crippen LogP contribution in [-0.2, 0) is 16.0 Å².